The van der Waals surface area contributed by atoms with E-state index in [1.165, 1.54) is 12.1 Å². The van der Waals surface area contributed by atoms with Crippen molar-refractivity contribution in [1.82, 2.24) is 9.80 Å². The van der Waals surface area contributed by atoms with Gasteiger partial charge in [-0.25, -0.2) is 0 Å². The van der Waals surface area contributed by atoms with Gasteiger partial charge in [-0.2, -0.15) is 0 Å². The average molecular weight is 359 g/mol. The first-order chi connectivity index (χ1) is 12.5. The second-order valence-corrected chi connectivity index (χ2v) is 8.16. The summed E-state index contributed by atoms with van der Waals surface area (Å²) in [5.74, 6) is 1.45. The summed E-state index contributed by atoms with van der Waals surface area (Å²) in [6.45, 7) is 14.9. The molecule has 2 aliphatic heterocycles. The second kappa shape index (κ2) is 8.87. The first-order valence-electron chi connectivity index (χ1n) is 10.1. The maximum absolute atomic E-state index is 12.4. The van der Waals surface area contributed by atoms with E-state index in [1.54, 1.807) is 0 Å². The summed E-state index contributed by atoms with van der Waals surface area (Å²) in [5.41, 5.74) is 2.14. The summed E-state index contributed by atoms with van der Waals surface area (Å²) < 4.78 is 0. The summed E-state index contributed by atoms with van der Waals surface area (Å²) in [6.07, 6.45) is 1.27. The van der Waals surface area contributed by atoms with Crippen LogP contribution in [0.25, 0.3) is 0 Å². The SMILES string of the molecule is CCN1CCN(c2ccc(NC(=O)CN3C[C@@H](C)C[C@H](C)C3)cc2)CC1. The summed E-state index contributed by atoms with van der Waals surface area (Å²) in [5, 5.41) is 3.06. The van der Waals surface area contributed by atoms with E-state index in [2.05, 4.69) is 52.9 Å². The second-order valence-electron chi connectivity index (χ2n) is 8.16. The number of hydrogen-bond donors (Lipinski definition) is 1. The zero-order valence-corrected chi connectivity index (χ0v) is 16.6. The van der Waals surface area contributed by atoms with Gasteiger partial charge in [-0.05, 0) is 49.1 Å². The molecule has 0 unspecified atom stereocenters. The zero-order valence-electron chi connectivity index (χ0n) is 16.6. The van der Waals surface area contributed by atoms with Gasteiger partial charge in [0.05, 0.1) is 6.54 Å². The van der Waals surface area contributed by atoms with Gasteiger partial charge >= 0.3 is 0 Å². The Balaban J connectivity index is 1.48. The Labute approximate surface area is 158 Å². The van der Waals surface area contributed by atoms with Crippen LogP contribution in [0.3, 0.4) is 0 Å². The third kappa shape index (κ3) is 5.21. The molecule has 2 aliphatic rings. The summed E-state index contributed by atoms with van der Waals surface area (Å²) in [7, 11) is 0. The predicted molar refractivity (Wildman–Crippen MR) is 109 cm³/mol. The Morgan fingerprint density at radius 3 is 2.19 bits per heavy atom. The van der Waals surface area contributed by atoms with Crippen molar-refractivity contribution >= 4 is 17.3 Å². The molecule has 0 radical (unpaired) electrons. The van der Waals surface area contributed by atoms with Gasteiger partial charge in [0.25, 0.3) is 0 Å². The molecule has 144 valence electrons. The molecule has 0 aliphatic carbocycles. The fraction of sp³-hybridized carbons (Fsp3) is 0.667. The van der Waals surface area contributed by atoms with Gasteiger partial charge < -0.3 is 15.1 Å². The highest BCUT2D eigenvalue weighted by Crippen LogP contribution is 2.22. The molecular weight excluding hydrogens is 324 g/mol. The number of piperidine rings is 1. The van der Waals surface area contributed by atoms with Crippen molar-refractivity contribution in [3.63, 3.8) is 0 Å². The minimum absolute atomic E-state index is 0.0932. The monoisotopic (exact) mass is 358 g/mol. The van der Waals surface area contributed by atoms with Crippen molar-refractivity contribution < 1.29 is 4.79 Å². The third-order valence-corrected chi connectivity index (χ3v) is 5.65. The molecule has 1 aromatic rings. The van der Waals surface area contributed by atoms with Gasteiger partial charge in [0.1, 0.15) is 0 Å². The molecular formula is C21H34N4O. The van der Waals surface area contributed by atoms with Crippen LogP contribution >= 0.6 is 0 Å². The quantitative estimate of drug-likeness (QED) is 0.878. The Bertz CT molecular complexity index is 570. The van der Waals surface area contributed by atoms with E-state index in [0.29, 0.717) is 18.4 Å². The molecule has 26 heavy (non-hydrogen) atoms. The van der Waals surface area contributed by atoms with Crippen molar-refractivity contribution in [2.24, 2.45) is 11.8 Å². The van der Waals surface area contributed by atoms with Crippen LogP contribution in [-0.4, -0.2) is 68.1 Å². The molecule has 5 heteroatoms. The summed E-state index contributed by atoms with van der Waals surface area (Å²) >= 11 is 0. The average Bonchev–Trinajstić information content (AvgIpc) is 2.61. The highest BCUT2D eigenvalue weighted by atomic mass is 16.2. The molecule has 1 aromatic carbocycles. The molecule has 2 fully saturated rings. The van der Waals surface area contributed by atoms with Crippen LogP contribution < -0.4 is 10.2 Å². The van der Waals surface area contributed by atoms with E-state index < -0.39 is 0 Å². The molecule has 2 atom stereocenters. The number of anilines is 2. The number of carbonyl (C=O) groups excluding carboxylic acids is 1. The third-order valence-electron chi connectivity index (χ3n) is 5.65. The van der Waals surface area contributed by atoms with Crippen molar-refractivity contribution in [2.45, 2.75) is 27.2 Å². The lowest BCUT2D eigenvalue weighted by Crippen LogP contribution is -2.46. The Kier molecular flexibility index (Phi) is 6.54. The zero-order chi connectivity index (χ0) is 18.5. The number of nitrogens with one attached hydrogen (secondary N) is 1. The highest BCUT2D eigenvalue weighted by Gasteiger charge is 2.23. The van der Waals surface area contributed by atoms with Crippen LogP contribution in [0, 0.1) is 11.8 Å². The normalized spacial score (nSPS) is 25.3. The lowest BCUT2D eigenvalue weighted by atomic mass is 9.92. The van der Waals surface area contributed by atoms with Gasteiger partial charge in [-0.1, -0.05) is 20.8 Å². The van der Waals surface area contributed by atoms with Crippen LogP contribution in [0.4, 0.5) is 11.4 Å². The molecule has 2 heterocycles. The van der Waals surface area contributed by atoms with Crippen molar-refractivity contribution in [2.75, 3.05) is 62.6 Å². The molecule has 0 spiro atoms. The standard InChI is InChI=1S/C21H34N4O/c1-4-23-9-11-25(12-10-23)20-7-5-19(6-8-20)22-21(26)16-24-14-17(2)13-18(3)15-24/h5-8,17-18H,4,9-16H2,1-3H3,(H,22,26)/t17-,18-/m0/s1. The number of piperazine rings is 1. The Morgan fingerprint density at radius 1 is 1.00 bits per heavy atom. The van der Waals surface area contributed by atoms with E-state index in [4.69, 9.17) is 0 Å². The number of rotatable bonds is 5. The molecule has 3 rings (SSSR count). The molecule has 0 aromatic heterocycles. The van der Waals surface area contributed by atoms with E-state index in [9.17, 15) is 4.79 Å². The van der Waals surface area contributed by atoms with Crippen LogP contribution in [0.5, 0.6) is 0 Å². The van der Waals surface area contributed by atoms with E-state index in [0.717, 1.165) is 51.5 Å². The van der Waals surface area contributed by atoms with Crippen LogP contribution in [0.1, 0.15) is 27.2 Å². The van der Waals surface area contributed by atoms with E-state index in [1.807, 2.05) is 12.1 Å². The lowest BCUT2D eigenvalue weighted by molar-refractivity contribution is -0.117. The van der Waals surface area contributed by atoms with E-state index >= 15 is 0 Å². The van der Waals surface area contributed by atoms with E-state index in [-0.39, 0.29) is 5.91 Å². The topological polar surface area (TPSA) is 38.8 Å². The fourth-order valence-corrected chi connectivity index (χ4v) is 4.40. The first kappa shape index (κ1) is 19.2. The maximum atomic E-state index is 12.4. The number of benzene rings is 1. The number of likely N-dealkylation sites (tertiary alicyclic amines) is 1. The first-order valence-corrected chi connectivity index (χ1v) is 10.1. The molecule has 2 saturated heterocycles. The number of carbonyl (C=O) groups is 1. The fourth-order valence-electron chi connectivity index (χ4n) is 4.40. The smallest absolute Gasteiger partial charge is 0.238 e. The minimum atomic E-state index is 0.0932. The number of nitrogens with zero attached hydrogens (tertiary/aromatic N) is 3. The number of amides is 1. The summed E-state index contributed by atoms with van der Waals surface area (Å²) in [6, 6.07) is 8.31. The Morgan fingerprint density at radius 2 is 1.62 bits per heavy atom. The Hall–Kier alpha value is -1.59. The lowest BCUT2D eigenvalue weighted by Gasteiger charge is -2.35. The maximum Gasteiger partial charge on any atom is 0.238 e. The van der Waals surface area contributed by atoms with Crippen molar-refractivity contribution in [3.05, 3.63) is 24.3 Å². The van der Waals surface area contributed by atoms with Gasteiger partial charge in [0.2, 0.25) is 5.91 Å². The van der Waals surface area contributed by atoms with Crippen LogP contribution in [0.2, 0.25) is 0 Å². The molecule has 1 amide bonds. The van der Waals surface area contributed by atoms with Crippen molar-refractivity contribution in [1.29, 1.82) is 0 Å². The molecule has 1 N–H and O–H groups in total. The largest absolute Gasteiger partial charge is 0.369 e. The number of likely N-dealkylation sites (N-methyl/N-ethyl adjacent to an activating group) is 1. The van der Waals surface area contributed by atoms with Crippen molar-refractivity contribution in [3.8, 4) is 0 Å². The highest BCUT2D eigenvalue weighted by molar-refractivity contribution is 5.92. The minimum Gasteiger partial charge on any atom is -0.369 e. The predicted octanol–water partition coefficient (Wildman–Crippen LogP) is 2.74. The van der Waals surface area contributed by atoms with Gasteiger partial charge in [0, 0.05) is 50.6 Å². The van der Waals surface area contributed by atoms with Gasteiger partial charge in [0.15, 0.2) is 0 Å². The van der Waals surface area contributed by atoms with Crippen LogP contribution in [0.15, 0.2) is 24.3 Å². The molecule has 5 nitrogen and oxygen atoms in total. The molecule has 0 bridgehead atoms. The number of hydrogen-bond acceptors (Lipinski definition) is 4. The molecule has 0 saturated carbocycles. The van der Waals surface area contributed by atoms with Crippen LogP contribution in [-0.2, 0) is 4.79 Å². The van der Waals surface area contributed by atoms with Gasteiger partial charge in [-0.15, -0.1) is 0 Å². The van der Waals surface area contributed by atoms with Gasteiger partial charge in [-0.3, -0.25) is 9.69 Å². The summed E-state index contributed by atoms with van der Waals surface area (Å²) in [4.78, 5) is 19.6.